The van der Waals surface area contributed by atoms with Crippen molar-refractivity contribution in [2.24, 2.45) is 5.73 Å². The number of carbonyl (C=O) groups is 1. The van der Waals surface area contributed by atoms with Gasteiger partial charge in [0.15, 0.2) is 0 Å². The Kier molecular flexibility index (Phi) is 2.56. The lowest BCUT2D eigenvalue weighted by Crippen LogP contribution is -2.11. The molecule has 3 nitrogen and oxygen atoms in total. The highest BCUT2D eigenvalue weighted by Gasteiger charge is 2.13. The summed E-state index contributed by atoms with van der Waals surface area (Å²) in [7, 11) is 0. The maximum atomic E-state index is 11.4. The molecule has 0 fully saturated rings. The Morgan fingerprint density at radius 3 is 2.42 bits per heavy atom. The Labute approximate surface area is 111 Å². The van der Waals surface area contributed by atoms with E-state index >= 15 is 0 Å². The van der Waals surface area contributed by atoms with E-state index in [1.807, 2.05) is 24.3 Å². The van der Waals surface area contributed by atoms with Crippen LogP contribution in [0, 0.1) is 0 Å². The predicted molar refractivity (Wildman–Crippen MR) is 78.3 cm³/mol. The average molecular weight is 252 g/mol. The molecule has 0 spiro atoms. The fourth-order valence-corrected chi connectivity index (χ4v) is 2.71. The Bertz CT molecular complexity index is 784. The molecule has 2 aromatic carbocycles. The highest BCUT2D eigenvalue weighted by atomic mass is 16.1. The van der Waals surface area contributed by atoms with Gasteiger partial charge in [-0.15, -0.1) is 0 Å². The highest BCUT2D eigenvalue weighted by Crippen LogP contribution is 2.32. The van der Waals surface area contributed by atoms with Gasteiger partial charge in [-0.05, 0) is 32.0 Å². The zero-order valence-corrected chi connectivity index (χ0v) is 11.1. The summed E-state index contributed by atoms with van der Waals surface area (Å²) in [5.74, 6) is -0.387. The summed E-state index contributed by atoms with van der Waals surface area (Å²) in [6, 6.07) is 14.3. The molecule has 1 aromatic heterocycles. The zero-order valence-electron chi connectivity index (χ0n) is 11.1. The predicted octanol–water partition coefficient (Wildman–Crippen LogP) is 3.47. The van der Waals surface area contributed by atoms with Crippen LogP contribution in [-0.4, -0.2) is 10.5 Å². The third-order valence-corrected chi connectivity index (χ3v) is 3.51. The van der Waals surface area contributed by atoms with Crippen LogP contribution in [0.1, 0.15) is 30.2 Å². The largest absolute Gasteiger partial charge is 0.366 e. The third kappa shape index (κ3) is 1.70. The van der Waals surface area contributed by atoms with Crippen molar-refractivity contribution in [3.05, 3.63) is 48.0 Å². The fraction of sp³-hybridized carbons (Fsp3) is 0.188. The monoisotopic (exact) mass is 252 g/mol. The molecule has 3 rings (SSSR count). The smallest absolute Gasteiger partial charge is 0.248 e. The highest BCUT2D eigenvalue weighted by molar-refractivity contribution is 6.10. The van der Waals surface area contributed by atoms with Gasteiger partial charge in [0.05, 0.1) is 5.52 Å². The number of amides is 1. The van der Waals surface area contributed by atoms with Gasteiger partial charge >= 0.3 is 0 Å². The molecule has 2 N–H and O–H groups in total. The molecule has 0 bridgehead atoms. The van der Waals surface area contributed by atoms with E-state index in [2.05, 4.69) is 30.5 Å². The van der Waals surface area contributed by atoms with Crippen LogP contribution in [0.3, 0.4) is 0 Å². The molecule has 0 unspecified atom stereocenters. The molecule has 1 heterocycles. The van der Waals surface area contributed by atoms with E-state index in [-0.39, 0.29) is 5.91 Å². The topological polar surface area (TPSA) is 48.0 Å². The second kappa shape index (κ2) is 4.12. The molecule has 96 valence electrons. The second-order valence-electron chi connectivity index (χ2n) is 5.08. The molecule has 1 amide bonds. The van der Waals surface area contributed by atoms with E-state index in [0.29, 0.717) is 11.6 Å². The van der Waals surface area contributed by atoms with Gasteiger partial charge < -0.3 is 10.3 Å². The van der Waals surface area contributed by atoms with Crippen molar-refractivity contribution in [1.29, 1.82) is 0 Å². The standard InChI is InChI=1S/C16H16N2O/c1-10(2)18-14-6-4-3-5-12(14)13-8-7-11(16(17)19)9-15(13)18/h3-10H,1-2H3,(H2,17,19). The number of nitrogens with zero attached hydrogens (tertiary/aromatic N) is 1. The van der Waals surface area contributed by atoms with Crippen molar-refractivity contribution in [3.63, 3.8) is 0 Å². The summed E-state index contributed by atoms with van der Waals surface area (Å²) in [6.45, 7) is 4.28. The minimum Gasteiger partial charge on any atom is -0.366 e. The maximum Gasteiger partial charge on any atom is 0.248 e. The summed E-state index contributed by atoms with van der Waals surface area (Å²) in [4.78, 5) is 11.4. The molecule has 19 heavy (non-hydrogen) atoms. The number of nitrogens with two attached hydrogens (primary N) is 1. The van der Waals surface area contributed by atoms with Gasteiger partial charge in [0.2, 0.25) is 5.91 Å². The van der Waals surface area contributed by atoms with Crippen LogP contribution in [0.2, 0.25) is 0 Å². The van der Waals surface area contributed by atoms with Gasteiger partial charge in [-0.1, -0.05) is 24.3 Å². The number of primary amides is 1. The van der Waals surface area contributed by atoms with E-state index in [0.717, 1.165) is 10.9 Å². The van der Waals surface area contributed by atoms with Gasteiger partial charge in [-0.2, -0.15) is 0 Å². The van der Waals surface area contributed by atoms with Gasteiger partial charge in [-0.3, -0.25) is 4.79 Å². The Balaban J connectivity index is 2.49. The molecule has 0 aliphatic carbocycles. The molecular weight excluding hydrogens is 236 g/mol. The summed E-state index contributed by atoms with van der Waals surface area (Å²) < 4.78 is 2.25. The van der Waals surface area contributed by atoms with Gasteiger partial charge in [-0.25, -0.2) is 0 Å². The average Bonchev–Trinajstić information content (AvgIpc) is 2.72. The quantitative estimate of drug-likeness (QED) is 0.745. The van der Waals surface area contributed by atoms with Crippen LogP contribution in [-0.2, 0) is 0 Å². The fourth-order valence-electron chi connectivity index (χ4n) is 2.71. The molecule has 0 aliphatic heterocycles. The molecule has 3 aromatic rings. The first-order valence-electron chi connectivity index (χ1n) is 6.42. The molecule has 0 saturated heterocycles. The van der Waals surface area contributed by atoms with Crippen LogP contribution < -0.4 is 5.73 Å². The molecule has 0 atom stereocenters. The van der Waals surface area contributed by atoms with E-state index in [4.69, 9.17) is 5.73 Å². The summed E-state index contributed by atoms with van der Waals surface area (Å²) in [6.07, 6.45) is 0. The first-order valence-corrected chi connectivity index (χ1v) is 6.42. The molecule has 3 heteroatoms. The number of benzene rings is 2. The molecular formula is C16H16N2O. The Morgan fingerprint density at radius 1 is 1.05 bits per heavy atom. The molecule has 0 aliphatic rings. The van der Waals surface area contributed by atoms with E-state index < -0.39 is 0 Å². The van der Waals surface area contributed by atoms with Crippen LogP contribution in [0.25, 0.3) is 21.8 Å². The van der Waals surface area contributed by atoms with Crippen LogP contribution in [0.5, 0.6) is 0 Å². The summed E-state index contributed by atoms with van der Waals surface area (Å²) in [5.41, 5.74) is 8.18. The maximum absolute atomic E-state index is 11.4. The Hall–Kier alpha value is -2.29. The SMILES string of the molecule is CC(C)n1c2ccccc2c2ccc(C(N)=O)cc21. The normalized spacial score (nSPS) is 11.5. The lowest BCUT2D eigenvalue weighted by atomic mass is 10.1. The van der Waals surface area contributed by atoms with Crippen LogP contribution in [0.4, 0.5) is 0 Å². The number of aromatic nitrogens is 1. The van der Waals surface area contributed by atoms with Crippen LogP contribution in [0.15, 0.2) is 42.5 Å². The second-order valence-corrected chi connectivity index (χ2v) is 5.08. The molecule has 0 radical (unpaired) electrons. The first-order chi connectivity index (χ1) is 9.09. The summed E-state index contributed by atoms with van der Waals surface area (Å²) >= 11 is 0. The number of hydrogen-bond donors (Lipinski definition) is 1. The van der Waals surface area contributed by atoms with Gasteiger partial charge in [0, 0.05) is 27.9 Å². The van der Waals surface area contributed by atoms with Crippen molar-refractivity contribution < 1.29 is 4.79 Å². The number of fused-ring (bicyclic) bond motifs is 3. The lowest BCUT2D eigenvalue weighted by Gasteiger charge is -2.11. The summed E-state index contributed by atoms with van der Waals surface area (Å²) in [5, 5.41) is 2.37. The number of hydrogen-bond acceptors (Lipinski definition) is 1. The van der Waals surface area contributed by atoms with Gasteiger partial charge in [0.1, 0.15) is 0 Å². The van der Waals surface area contributed by atoms with E-state index in [9.17, 15) is 4.79 Å². The van der Waals surface area contributed by atoms with E-state index in [1.165, 1.54) is 10.9 Å². The van der Waals surface area contributed by atoms with Crippen molar-refractivity contribution in [1.82, 2.24) is 4.57 Å². The first kappa shape index (κ1) is 11.8. The van der Waals surface area contributed by atoms with Crippen molar-refractivity contribution in [3.8, 4) is 0 Å². The number of rotatable bonds is 2. The van der Waals surface area contributed by atoms with Gasteiger partial charge in [0.25, 0.3) is 0 Å². The van der Waals surface area contributed by atoms with Crippen LogP contribution >= 0.6 is 0 Å². The zero-order chi connectivity index (χ0) is 13.6. The van der Waals surface area contributed by atoms with Crippen molar-refractivity contribution >= 4 is 27.7 Å². The van der Waals surface area contributed by atoms with Crippen molar-refractivity contribution in [2.45, 2.75) is 19.9 Å². The minimum absolute atomic E-state index is 0.325. The van der Waals surface area contributed by atoms with Crippen molar-refractivity contribution in [2.75, 3.05) is 0 Å². The van der Waals surface area contributed by atoms with E-state index in [1.54, 1.807) is 6.07 Å². The number of carbonyl (C=O) groups excluding carboxylic acids is 1. The number of para-hydroxylation sites is 1. The molecule has 0 saturated carbocycles. The minimum atomic E-state index is -0.387. The third-order valence-electron chi connectivity index (χ3n) is 3.51. The Morgan fingerprint density at radius 2 is 1.74 bits per heavy atom. The lowest BCUT2D eigenvalue weighted by molar-refractivity contribution is 0.100.